The van der Waals surface area contributed by atoms with E-state index in [0.29, 0.717) is 6.54 Å². The predicted molar refractivity (Wildman–Crippen MR) is 92.4 cm³/mol. The first-order chi connectivity index (χ1) is 12.0. The zero-order chi connectivity index (χ0) is 17.8. The van der Waals surface area contributed by atoms with Crippen LogP contribution in [0.1, 0.15) is 69.8 Å². The van der Waals surface area contributed by atoms with Crippen molar-refractivity contribution in [1.29, 1.82) is 0 Å². The van der Waals surface area contributed by atoms with Gasteiger partial charge in [-0.3, -0.25) is 0 Å². The van der Waals surface area contributed by atoms with Crippen LogP contribution < -0.4 is 10.1 Å². The summed E-state index contributed by atoms with van der Waals surface area (Å²) in [5.74, 6) is 0.588. The third-order valence-corrected chi connectivity index (χ3v) is 5.93. The summed E-state index contributed by atoms with van der Waals surface area (Å²) >= 11 is 0. The molecule has 0 heterocycles. The van der Waals surface area contributed by atoms with Crippen molar-refractivity contribution in [2.24, 2.45) is 5.92 Å². The third-order valence-electron chi connectivity index (χ3n) is 5.93. The molecule has 2 aliphatic rings. The molecule has 5 heteroatoms. The molecule has 0 aliphatic heterocycles. The fourth-order valence-corrected chi connectivity index (χ4v) is 4.65. The van der Waals surface area contributed by atoms with E-state index in [0.717, 1.165) is 11.5 Å². The van der Waals surface area contributed by atoms with Gasteiger partial charge in [-0.25, -0.2) is 0 Å². The monoisotopic (exact) mass is 355 g/mol. The number of hydrogen-bond acceptors (Lipinski definition) is 2. The lowest BCUT2D eigenvalue weighted by Gasteiger charge is -2.46. The number of halogens is 3. The predicted octanol–water partition coefficient (Wildman–Crippen LogP) is 5.96. The average molecular weight is 355 g/mol. The van der Waals surface area contributed by atoms with E-state index < -0.39 is 6.36 Å². The molecule has 3 rings (SSSR count). The first-order valence-electron chi connectivity index (χ1n) is 9.57. The number of ether oxygens (including phenoxy) is 1. The molecule has 2 nitrogen and oxygen atoms in total. The first-order valence-corrected chi connectivity index (χ1v) is 9.57. The third kappa shape index (κ3) is 5.13. The highest BCUT2D eigenvalue weighted by Crippen LogP contribution is 2.41. The summed E-state index contributed by atoms with van der Waals surface area (Å²) in [5, 5.41) is 3.83. The minimum absolute atomic E-state index is 0.157. The Morgan fingerprint density at radius 2 is 1.52 bits per heavy atom. The van der Waals surface area contributed by atoms with Crippen LogP contribution in [-0.4, -0.2) is 11.9 Å². The highest BCUT2D eigenvalue weighted by Gasteiger charge is 2.39. The minimum atomic E-state index is -4.63. The average Bonchev–Trinajstić information content (AvgIpc) is 2.61. The standard InChI is InChI=1S/C20H28F3NO/c21-20(22,23)25-18-11-9-16(10-12-18)15-24-19(13-5-2-6-14-19)17-7-3-1-4-8-17/h9-12,17,24H,1-8,13-15H2. The van der Waals surface area contributed by atoms with E-state index in [1.54, 1.807) is 12.1 Å². The molecule has 2 fully saturated rings. The summed E-state index contributed by atoms with van der Waals surface area (Å²) in [6.07, 6.45) is 8.34. The van der Waals surface area contributed by atoms with Crippen LogP contribution in [0.25, 0.3) is 0 Å². The van der Waals surface area contributed by atoms with E-state index in [2.05, 4.69) is 10.1 Å². The van der Waals surface area contributed by atoms with Crippen LogP contribution in [0.5, 0.6) is 5.75 Å². The Bertz CT molecular complexity index is 529. The Labute approximate surface area is 148 Å². The Morgan fingerprint density at radius 1 is 0.920 bits per heavy atom. The zero-order valence-corrected chi connectivity index (χ0v) is 14.7. The molecule has 0 amide bonds. The van der Waals surface area contributed by atoms with Gasteiger partial charge in [0.25, 0.3) is 0 Å². The van der Waals surface area contributed by atoms with Gasteiger partial charge in [0.1, 0.15) is 5.75 Å². The summed E-state index contributed by atoms with van der Waals surface area (Å²) in [5.41, 5.74) is 1.23. The quantitative estimate of drug-likeness (QED) is 0.704. The molecule has 140 valence electrons. The van der Waals surface area contributed by atoms with E-state index in [1.807, 2.05) is 0 Å². The SMILES string of the molecule is FC(F)(F)Oc1ccc(CNC2(C3CCCCC3)CCCCC2)cc1. The van der Waals surface area contributed by atoms with Crippen molar-refractivity contribution in [3.63, 3.8) is 0 Å². The van der Waals surface area contributed by atoms with Gasteiger partial charge in [-0.1, -0.05) is 50.7 Å². The fraction of sp³-hybridized carbons (Fsp3) is 0.700. The van der Waals surface area contributed by atoms with Crippen LogP contribution in [0.2, 0.25) is 0 Å². The van der Waals surface area contributed by atoms with Gasteiger partial charge < -0.3 is 10.1 Å². The Hall–Kier alpha value is -1.23. The van der Waals surface area contributed by atoms with Gasteiger partial charge in [-0.05, 0) is 49.3 Å². The second-order valence-electron chi connectivity index (χ2n) is 7.60. The molecular weight excluding hydrogens is 327 g/mol. The molecule has 0 aromatic heterocycles. The number of hydrogen-bond donors (Lipinski definition) is 1. The number of alkyl halides is 3. The van der Waals surface area contributed by atoms with Gasteiger partial charge >= 0.3 is 6.36 Å². The molecule has 2 aliphatic carbocycles. The highest BCUT2D eigenvalue weighted by molar-refractivity contribution is 5.27. The van der Waals surface area contributed by atoms with Crippen LogP contribution in [-0.2, 0) is 6.54 Å². The second kappa shape index (κ2) is 7.98. The second-order valence-corrected chi connectivity index (χ2v) is 7.60. The van der Waals surface area contributed by atoms with Crippen LogP contribution in [0.15, 0.2) is 24.3 Å². The molecule has 25 heavy (non-hydrogen) atoms. The van der Waals surface area contributed by atoms with Crippen molar-refractivity contribution < 1.29 is 17.9 Å². The molecule has 2 saturated carbocycles. The summed E-state index contributed by atoms with van der Waals surface area (Å²) in [6.45, 7) is 0.711. The smallest absolute Gasteiger partial charge is 0.406 e. The number of benzene rings is 1. The number of nitrogens with one attached hydrogen (secondary N) is 1. The molecule has 0 bridgehead atoms. The topological polar surface area (TPSA) is 21.3 Å². The molecule has 1 aromatic carbocycles. The van der Waals surface area contributed by atoms with Gasteiger partial charge in [0.15, 0.2) is 0 Å². The Balaban J connectivity index is 1.62. The van der Waals surface area contributed by atoms with E-state index in [9.17, 15) is 13.2 Å². The van der Waals surface area contributed by atoms with E-state index >= 15 is 0 Å². The lowest BCUT2D eigenvalue weighted by Crippen LogP contribution is -2.52. The Kier molecular flexibility index (Phi) is 5.92. The number of rotatable bonds is 5. The van der Waals surface area contributed by atoms with Crippen LogP contribution >= 0.6 is 0 Å². The van der Waals surface area contributed by atoms with Crippen LogP contribution in [0.4, 0.5) is 13.2 Å². The highest BCUT2D eigenvalue weighted by atomic mass is 19.4. The van der Waals surface area contributed by atoms with Crippen molar-refractivity contribution in [3.8, 4) is 5.75 Å². The maximum absolute atomic E-state index is 12.3. The van der Waals surface area contributed by atoms with Crippen LogP contribution in [0.3, 0.4) is 0 Å². The maximum atomic E-state index is 12.3. The maximum Gasteiger partial charge on any atom is 0.573 e. The molecule has 0 saturated heterocycles. The van der Waals surface area contributed by atoms with Crippen molar-refractivity contribution >= 4 is 0 Å². The Morgan fingerprint density at radius 3 is 2.12 bits per heavy atom. The van der Waals surface area contributed by atoms with Gasteiger partial charge in [-0.15, -0.1) is 13.2 Å². The lowest BCUT2D eigenvalue weighted by atomic mass is 9.67. The minimum Gasteiger partial charge on any atom is -0.406 e. The molecule has 1 aromatic rings. The summed E-state index contributed by atoms with van der Waals surface area (Å²) in [6, 6.07) is 6.26. The first kappa shape index (κ1) is 18.6. The summed E-state index contributed by atoms with van der Waals surface area (Å²) in [4.78, 5) is 0. The van der Waals surface area contributed by atoms with E-state index in [1.165, 1.54) is 76.3 Å². The normalized spacial score (nSPS) is 21.9. The van der Waals surface area contributed by atoms with E-state index in [4.69, 9.17) is 0 Å². The molecule has 0 radical (unpaired) electrons. The van der Waals surface area contributed by atoms with E-state index in [-0.39, 0.29) is 11.3 Å². The van der Waals surface area contributed by atoms with Crippen molar-refractivity contribution in [2.75, 3.05) is 0 Å². The van der Waals surface area contributed by atoms with Gasteiger partial charge in [-0.2, -0.15) is 0 Å². The van der Waals surface area contributed by atoms with Gasteiger partial charge in [0, 0.05) is 12.1 Å². The molecule has 0 atom stereocenters. The molecule has 1 N–H and O–H groups in total. The van der Waals surface area contributed by atoms with Crippen molar-refractivity contribution in [3.05, 3.63) is 29.8 Å². The molecular formula is C20H28F3NO. The van der Waals surface area contributed by atoms with Crippen molar-refractivity contribution in [2.45, 2.75) is 82.7 Å². The summed E-state index contributed by atoms with van der Waals surface area (Å²) in [7, 11) is 0. The summed E-state index contributed by atoms with van der Waals surface area (Å²) < 4.78 is 40.7. The van der Waals surface area contributed by atoms with Crippen molar-refractivity contribution in [1.82, 2.24) is 5.32 Å². The lowest BCUT2D eigenvalue weighted by molar-refractivity contribution is -0.274. The van der Waals surface area contributed by atoms with Crippen LogP contribution in [0, 0.1) is 5.92 Å². The molecule has 0 spiro atoms. The van der Waals surface area contributed by atoms with Gasteiger partial charge in [0.05, 0.1) is 0 Å². The zero-order valence-electron chi connectivity index (χ0n) is 14.7. The van der Waals surface area contributed by atoms with Gasteiger partial charge in [0.2, 0.25) is 0 Å². The fourth-order valence-electron chi connectivity index (χ4n) is 4.65. The largest absolute Gasteiger partial charge is 0.573 e. The molecule has 0 unspecified atom stereocenters.